The third-order valence-electron chi connectivity index (χ3n) is 3.90. The van der Waals surface area contributed by atoms with Crippen molar-refractivity contribution in [3.05, 3.63) is 77.9 Å². The lowest BCUT2D eigenvalue weighted by atomic mass is 10.1. The van der Waals surface area contributed by atoms with Crippen LogP contribution in [0, 0.1) is 0 Å². The molecule has 148 valence electrons. The van der Waals surface area contributed by atoms with Gasteiger partial charge in [0.1, 0.15) is 12.7 Å². The van der Waals surface area contributed by atoms with Gasteiger partial charge in [-0.25, -0.2) is 19.3 Å². The Balaban J connectivity index is 1.51. The number of carbonyl (C=O) groups is 3. The van der Waals surface area contributed by atoms with Crippen LogP contribution in [0.5, 0.6) is 0 Å². The van der Waals surface area contributed by atoms with Crippen molar-refractivity contribution in [1.29, 1.82) is 0 Å². The summed E-state index contributed by atoms with van der Waals surface area (Å²) in [4.78, 5) is 39.5. The molecular weight excluding hydrogens is 376 g/mol. The van der Waals surface area contributed by atoms with Crippen LogP contribution in [0.1, 0.15) is 26.3 Å². The van der Waals surface area contributed by atoms with E-state index in [0.29, 0.717) is 23.4 Å². The zero-order chi connectivity index (χ0) is 20.6. The second-order valence-corrected chi connectivity index (χ2v) is 5.99. The number of hydrogen-bond acceptors (Lipinski definition) is 7. The maximum atomic E-state index is 12.1. The first-order valence-corrected chi connectivity index (χ1v) is 8.62. The number of anilines is 1. The Morgan fingerprint density at radius 3 is 2.52 bits per heavy atom. The lowest BCUT2D eigenvalue weighted by Gasteiger charge is -2.08. The van der Waals surface area contributed by atoms with Crippen LogP contribution in [-0.4, -0.2) is 46.3 Å². The number of hydrogen-bond donors (Lipinski definition) is 1. The molecule has 0 aliphatic carbocycles. The number of esters is 2. The molecule has 0 unspecified atom stereocenters. The Morgan fingerprint density at radius 1 is 1.03 bits per heavy atom. The van der Waals surface area contributed by atoms with Crippen molar-refractivity contribution in [1.82, 2.24) is 14.8 Å². The lowest BCUT2D eigenvalue weighted by Crippen LogP contribution is -2.21. The van der Waals surface area contributed by atoms with Crippen molar-refractivity contribution >= 4 is 23.5 Å². The molecule has 0 radical (unpaired) electrons. The van der Waals surface area contributed by atoms with E-state index in [1.54, 1.807) is 53.5 Å². The molecule has 1 aromatic heterocycles. The zero-order valence-corrected chi connectivity index (χ0v) is 15.6. The number of carbonyl (C=O) groups excluding carboxylic acids is 3. The largest absolute Gasteiger partial charge is 0.465 e. The average molecular weight is 394 g/mol. The van der Waals surface area contributed by atoms with Gasteiger partial charge in [0.15, 0.2) is 6.61 Å². The number of nitrogens with zero attached hydrogens (tertiary/aromatic N) is 3. The van der Waals surface area contributed by atoms with E-state index >= 15 is 0 Å². The van der Waals surface area contributed by atoms with Crippen molar-refractivity contribution in [2.24, 2.45) is 0 Å². The molecule has 9 nitrogen and oxygen atoms in total. The van der Waals surface area contributed by atoms with Crippen molar-refractivity contribution in [2.45, 2.75) is 6.54 Å². The standard InChI is InChI=1S/C20H18N4O5/c1-28-19(26)16-3-2-4-17(9-16)23-18(25)11-29-20(27)15-7-5-14(6-8-15)10-24-13-21-12-22-24/h2-9,12-13H,10-11H2,1H3,(H,23,25). The molecule has 0 spiro atoms. The molecule has 0 bridgehead atoms. The topological polar surface area (TPSA) is 112 Å². The predicted molar refractivity (Wildman–Crippen MR) is 102 cm³/mol. The molecule has 1 amide bonds. The van der Waals surface area contributed by atoms with Crippen LogP contribution < -0.4 is 5.32 Å². The minimum absolute atomic E-state index is 0.299. The number of methoxy groups -OCH3 is 1. The fourth-order valence-electron chi connectivity index (χ4n) is 2.50. The van der Waals surface area contributed by atoms with Crippen molar-refractivity contribution in [3.63, 3.8) is 0 Å². The number of nitrogens with one attached hydrogen (secondary N) is 1. The van der Waals surface area contributed by atoms with E-state index in [-0.39, 0.29) is 0 Å². The highest BCUT2D eigenvalue weighted by Crippen LogP contribution is 2.12. The minimum atomic E-state index is -0.615. The number of ether oxygens (including phenoxy) is 2. The SMILES string of the molecule is COC(=O)c1cccc(NC(=O)COC(=O)c2ccc(Cn3cncn3)cc2)c1. The van der Waals surface area contributed by atoms with Gasteiger partial charge < -0.3 is 14.8 Å². The van der Waals surface area contributed by atoms with E-state index in [1.807, 2.05) is 0 Å². The van der Waals surface area contributed by atoms with Gasteiger partial charge in [0.25, 0.3) is 5.91 Å². The van der Waals surface area contributed by atoms with Gasteiger partial charge in [-0.05, 0) is 35.9 Å². The van der Waals surface area contributed by atoms with Crippen LogP contribution in [-0.2, 0) is 20.8 Å². The van der Waals surface area contributed by atoms with Gasteiger partial charge in [0.05, 0.1) is 24.8 Å². The first-order valence-electron chi connectivity index (χ1n) is 8.62. The molecule has 3 rings (SSSR count). The molecule has 1 N–H and O–H groups in total. The van der Waals surface area contributed by atoms with Crippen LogP contribution >= 0.6 is 0 Å². The quantitative estimate of drug-likeness (QED) is 0.609. The van der Waals surface area contributed by atoms with E-state index < -0.39 is 24.5 Å². The monoisotopic (exact) mass is 394 g/mol. The summed E-state index contributed by atoms with van der Waals surface area (Å²) in [6.45, 7) is 0.0738. The Labute approximate surface area is 166 Å². The number of benzene rings is 2. The van der Waals surface area contributed by atoms with Crippen LogP contribution in [0.4, 0.5) is 5.69 Å². The maximum absolute atomic E-state index is 12.1. The third-order valence-corrected chi connectivity index (χ3v) is 3.90. The molecule has 0 aliphatic heterocycles. The van der Waals surface area contributed by atoms with Crippen LogP contribution in [0.15, 0.2) is 61.2 Å². The molecule has 0 atom stereocenters. The van der Waals surface area contributed by atoms with Gasteiger partial charge in [-0.1, -0.05) is 18.2 Å². The van der Waals surface area contributed by atoms with Gasteiger partial charge in [-0.2, -0.15) is 5.10 Å². The zero-order valence-electron chi connectivity index (χ0n) is 15.6. The minimum Gasteiger partial charge on any atom is -0.465 e. The second kappa shape index (κ2) is 9.27. The fraction of sp³-hybridized carbons (Fsp3) is 0.150. The van der Waals surface area contributed by atoms with Gasteiger partial charge in [0, 0.05) is 5.69 Å². The van der Waals surface area contributed by atoms with Crippen molar-refractivity contribution in [2.75, 3.05) is 19.0 Å². The molecule has 1 heterocycles. The summed E-state index contributed by atoms with van der Waals surface area (Å²) in [5.41, 5.74) is 1.96. The molecule has 0 saturated carbocycles. The van der Waals surface area contributed by atoms with Gasteiger partial charge in [0.2, 0.25) is 0 Å². The highest BCUT2D eigenvalue weighted by atomic mass is 16.5. The predicted octanol–water partition coefficient (Wildman–Crippen LogP) is 1.91. The maximum Gasteiger partial charge on any atom is 0.338 e. The Bertz CT molecular complexity index is 1000. The highest BCUT2D eigenvalue weighted by molar-refractivity contribution is 5.97. The smallest absolute Gasteiger partial charge is 0.338 e. The van der Waals surface area contributed by atoms with Gasteiger partial charge >= 0.3 is 11.9 Å². The first-order chi connectivity index (χ1) is 14.0. The first kappa shape index (κ1) is 19.7. The Hall–Kier alpha value is -4.01. The second-order valence-electron chi connectivity index (χ2n) is 5.99. The third kappa shape index (κ3) is 5.48. The molecule has 29 heavy (non-hydrogen) atoms. The van der Waals surface area contributed by atoms with E-state index in [9.17, 15) is 14.4 Å². The van der Waals surface area contributed by atoms with Crippen molar-refractivity contribution in [3.8, 4) is 0 Å². The summed E-state index contributed by atoms with van der Waals surface area (Å²) < 4.78 is 11.3. The molecule has 0 fully saturated rings. The number of aromatic nitrogens is 3. The Kier molecular flexibility index (Phi) is 6.31. The van der Waals surface area contributed by atoms with E-state index in [1.165, 1.54) is 19.5 Å². The number of amides is 1. The highest BCUT2D eigenvalue weighted by Gasteiger charge is 2.12. The van der Waals surface area contributed by atoms with Gasteiger partial charge in [-0.3, -0.25) is 4.79 Å². The van der Waals surface area contributed by atoms with E-state index in [2.05, 4.69) is 20.1 Å². The summed E-state index contributed by atoms with van der Waals surface area (Å²) in [6.07, 6.45) is 3.05. The normalized spacial score (nSPS) is 10.2. The summed E-state index contributed by atoms with van der Waals surface area (Å²) in [7, 11) is 1.27. The van der Waals surface area contributed by atoms with Crippen molar-refractivity contribution < 1.29 is 23.9 Å². The molecule has 0 aliphatic rings. The summed E-state index contributed by atoms with van der Waals surface area (Å²) >= 11 is 0. The summed E-state index contributed by atoms with van der Waals surface area (Å²) in [5.74, 6) is -1.65. The molecule has 2 aromatic carbocycles. The van der Waals surface area contributed by atoms with E-state index in [4.69, 9.17) is 4.74 Å². The van der Waals surface area contributed by atoms with Crippen LogP contribution in [0.2, 0.25) is 0 Å². The average Bonchev–Trinajstić information content (AvgIpc) is 3.25. The lowest BCUT2D eigenvalue weighted by molar-refractivity contribution is -0.119. The molecule has 3 aromatic rings. The number of rotatable bonds is 7. The van der Waals surface area contributed by atoms with Crippen LogP contribution in [0.25, 0.3) is 0 Å². The fourth-order valence-corrected chi connectivity index (χ4v) is 2.50. The molecular formula is C20H18N4O5. The van der Waals surface area contributed by atoms with Gasteiger partial charge in [-0.15, -0.1) is 0 Å². The van der Waals surface area contributed by atoms with E-state index in [0.717, 1.165) is 5.56 Å². The summed E-state index contributed by atoms with van der Waals surface area (Å²) in [6, 6.07) is 13.0. The molecule has 9 heteroatoms. The molecule has 0 saturated heterocycles. The van der Waals surface area contributed by atoms with Crippen LogP contribution in [0.3, 0.4) is 0 Å². The Morgan fingerprint density at radius 2 is 1.83 bits per heavy atom. The summed E-state index contributed by atoms with van der Waals surface area (Å²) in [5, 5.41) is 6.58.